The Labute approximate surface area is 102 Å². The van der Waals surface area contributed by atoms with Gasteiger partial charge in [0, 0.05) is 17.4 Å². The minimum absolute atomic E-state index is 0.131. The summed E-state index contributed by atoms with van der Waals surface area (Å²) in [5.74, 6) is -1.09. The van der Waals surface area contributed by atoms with Crippen LogP contribution in [0.1, 0.15) is 20.3 Å². The number of carbonyl (C=O) groups is 2. The van der Waals surface area contributed by atoms with Gasteiger partial charge in [-0.15, -0.1) is 11.8 Å². The molecule has 1 amide bonds. The van der Waals surface area contributed by atoms with E-state index in [2.05, 4.69) is 10.5 Å². The highest BCUT2D eigenvalue weighted by Crippen LogP contribution is 2.56. The summed E-state index contributed by atoms with van der Waals surface area (Å²) in [7, 11) is 0. The topological polar surface area (TPSA) is 82.0 Å². The summed E-state index contributed by atoms with van der Waals surface area (Å²) >= 11 is 1.54. The number of carbonyl (C=O) groups excluding carboxylic acids is 1. The van der Waals surface area contributed by atoms with Crippen molar-refractivity contribution >= 4 is 29.9 Å². The van der Waals surface area contributed by atoms with E-state index in [4.69, 9.17) is 0 Å². The van der Waals surface area contributed by atoms with Gasteiger partial charge in [0.05, 0.1) is 0 Å². The van der Waals surface area contributed by atoms with E-state index in [1.54, 1.807) is 6.21 Å². The van der Waals surface area contributed by atoms with E-state index >= 15 is 0 Å². The van der Waals surface area contributed by atoms with Crippen LogP contribution < -0.4 is 5.43 Å². The molecule has 3 atom stereocenters. The summed E-state index contributed by atoms with van der Waals surface area (Å²) in [6.07, 6.45) is 2.22. The number of nitrogens with zero attached hydrogens (tertiary/aromatic N) is 2. The van der Waals surface area contributed by atoms with Crippen molar-refractivity contribution < 1.29 is 14.7 Å². The number of thioether (sulfide) groups is 1. The number of aliphatic carboxylic acids is 1. The minimum Gasteiger partial charge on any atom is -0.480 e. The molecular formula is C10H13N3O3S. The van der Waals surface area contributed by atoms with Crippen LogP contribution in [-0.4, -0.2) is 49.8 Å². The first-order chi connectivity index (χ1) is 7.90. The Morgan fingerprint density at radius 1 is 1.71 bits per heavy atom. The molecule has 2 fully saturated rings. The van der Waals surface area contributed by atoms with Crippen LogP contribution in [0.4, 0.5) is 0 Å². The van der Waals surface area contributed by atoms with Crippen LogP contribution in [0.5, 0.6) is 0 Å². The van der Waals surface area contributed by atoms with Crippen LogP contribution in [0.25, 0.3) is 0 Å². The molecule has 0 bridgehead atoms. The predicted octanol–water partition coefficient (Wildman–Crippen LogP) is -0.149. The van der Waals surface area contributed by atoms with Crippen molar-refractivity contribution in [2.75, 3.05) is 0 Å². The molecule has 2 saturated heterocycles. The molecule has 1 spiro atoms. The number of carboxylic acid groups (broad SMARTS) is 1. The molecule has 7 heteroatoms. The number of hydrogen-bond acceptors (Lipinski definition) is 5. The number of β-lactam (4-membered cyclic amide) rings is 1. The number of hydrogen-bond donors (Lipinski definition) is 2. The molecule has 17 heavy (non-hydrogen) atoms. The molecule has 92 valence electrons. The van der Waals surface area contributed by atoms with Gasteiger partial charge in [-0.3, -0.25) is 10.2 Å². The summed E-state index contributed by atoms with van der Waals surface area (Å²) in [6, 6.07) is -0.752. The van der Waals surface area contributed by atoms with Crippen LogP contribution in [0.3, 0.4) is 0 Å². The second-order valence-electron chi connectivity index (χ2n) is 5.13. The Morgan fingerprint density at radius 3 is 2.94 bits per heavy atom. The fraction of sp³-hybridized carbons (Fsp3) is 0.700. The van der Waals surface area contributed by atoms with Crippen molar-refractivity contribution in [1.82, 2.24) is 10.3 Å². The predicted molar refractivity (Wildman–Crippen MR) is 62.7 cm³/mol. The van der Waals surface area contributed by atoms with Crippen LogP contribution >= 0.6 is 11.8 Å². The van der Waals surface area contributed by atoms with Gasteiger partial charge in [0.2, 0.25) is 0 Å². The Hall–Kier alpha value is -1.24. The fourth-order valence-corrected chi connectivity index (χ4v) is 4.52. The van der Waals surface area contributed by atoms with E-state index < -0.39 is 22.3 Å². The highest BCUT2D eigenvalue weighted by atomic mass is 32.2. The standard InChI is InChI=1S/C10H13N3O3S/c1-9(2)5(6(14)15)13-7(16)10(8(13)17-9)3-4-11-12-10/h4-5,8,12H,3H2,1-2H3,(H,14,15)/t5-,8+,10+/m0/s1. The lowest BCUT2D eigenvalue weighted by atomic mass is 9.83. The van der Waals surface area contributed by atoms with Crippen molar-refractivity contribution in [2.24, 2.45) is 5.10 Å². The van der Waals surface area contributed by atoms with Gasteiger partial charge in [0.15, 0.2) is 5.54 Å². The quantitative estimate of drug-likeness (QED) is 0.637. The Balaban J connectivity index is 1.96. The highest BCUT2D eigenvalue weighted by Gasteiger charge is 2.72. The fourth-order valence-electron chi connectivity index (χ4n) is 2.81. The molecule has 3 aliphatic rings. The molecule has 3 heterocycles. The molecule has 0 radical (unpaired) electrons. The van der Waals surface area contributed by atoms with E-state index in [9.17, 15) is 14.7 Å². The minimum atomic E-state index is -0.938. The zero-order chi connectivity index (χ0) is 12.4. The Bertz CT molecular complexity index is 440. The zero-order valence-electron chi connectivity index (χ0n) is 9.51. The van der Waals surface area contributed by atoms with Gasteiger partial charge >= 0.3 is 5.97 Å². The van der Waals surface area contributed by atoms with Gasteiger partial charge in [-0.2, -0.15) is 5.10 Å². The van der Waals surface area contributed by atoms with Crippen molar-refractivity contribution in [3.8, 4) is 0 Å². The molecule has 0 saturated carbocycles. The van der Waals surface area contributed by atoms with Crippen LogP contribution in [0, 0.1) is 0 Å². The smallest absolute Gasteiger partial charge is 0.327 e. The molecule has 2 N–H and O–H groups in total. The molecule has 0 aromatic carbocycles. The summed E-state index contributed by atoms with van der Waals surface area (Å²) in [4.78, 5) is 25.0. The van der Waals surface area contributed by atoms with Gasteiger partial charge in [-0.05, 0) is 13.8 Å². The summed E-state index contributed by atoms with van der Waals surface area (Å²) in [6.45, 7) is 3.73. The normalized spacial score (nSPS) is 41.3. The van der Waals surface area contributed by atoms with Crippen LogP contribution in [0.2, 0.25) is 0 Å². The lowest BCUT2D eigenvalue weighted by molar-refractivity contribution is -0.166. The van der Waals surface area contributed by atoms with Gasteiger partial charge < -0.3 is 10.0 Å². The van der Waals surface area contributed by atoms with E-state index in [1.807, 2.05) is 13.8 Å². The molecule has 0 aliphatic carbocycles. The Kier molecular flexibility index (Phi) is 1.89. The largest absolute Gasteiger partial charge is 0.480 e. The maximum absolute atomic E-state index is 12.2. The molecule has 0 aromatic rings. The zero-order valence-corrected chi connectivity index (χ0v) is 10.3. The molecule has 0 unspecified atom stereocenters. The first kappa shape index (κ1) is 10.9. The second-order valence-corrected chi connectivity index (χ2v) is 6.86. The van der Waals surface area contributed by atoms with Crippen LogP contribution in [0.15, 0.2) is 5.10 Å². The summed E-state index contributed by atoms with van der Waals surface area (Å²) < 4.78 is -0.472. The van der Waals surface area contributed by atoms with E-state index in [-0.39, 0.29) is 11.3 Å². The average Bonchev–Trinajstić information content (AvgIpc) is 2.79. The number of carboxylic acids is 1. The lowest BCUT2D eigenvalue weighted by Crippen LogP contribution is -2.77. The third kappa shape index (κ3) is 1.10. The number of hydrazone groups is 1. The van der Waals surface area contributed by atoms with Gasteiger partial charge in [-0.25, -0.2) is 4.79 Å². The molecule has 3 rings (SSSR count). The maximum atomic E-state index is 12.2. The molecular weight excluding hydrogens is 242 g/mol. The first-order valence-electron chi connectivity index (χ1n) is 5.42. The van der Waals surface area contributed by atoms with Gasteiger partial charge in [0.1, 0.15) is 11.4 Å². The molecule has 3 aliphatic heterocycles. The van der Waals surface area contributed by atoms with Gasteiger partial charge in [-0.1, -0.05) is 0 Å². The number of rotatable bonds is 1. The van der Waals surface area contributed by atoms with E-state index in [1.165, 1.54) is 16.7 Å². The van der Waals surface area contributed by atoms with Crippen LogP contribution in [-0.2, 0) is 9.59 Å². The monoisotopic (exact) mass is 255 g/mol. The molecule has 6 nitrogen and oxygen atoms in total. The number of amides is 1. The van der Waals surface area contributed by atoms with E-state index in [0.717, 1.165) is 0 Å². The molecule has 0 aromatic heterocycles. The maximum Gasteiger partial charge on any atom is 0.327 e. The SMILES string of the molecule is CC1(C)S[C@H]2N(C(=O)[C@]23CC=NN3)[C@H]1C(=O)O. The van der Waals surface area contributed by atoms with Crippen molar-refractivity contribution in [3.05, 3.63) is 0 Å². The van der Waals surface area contributed by atoms with Gasteiger partial charge in [0.25, 0.3) is 5.91 Å². The first-order valence-corrected chi connectivity index (χ1v) is 6.30. The number of fused-ring (bicyclic) bond motifs is 2. The highest BCUT2D eigenvalue weighted by molar-refractivity contribution is 8.01. The lowest BCUT2D eigenvalue weighted by Gasteiger charge is -2.50. The summed E-state index contributed by atoms with van der Waals surface area (Å²) in [5, 5.41) is 13.0. The van der Waals surface area contributed by atoms with Crippen molar-refractivity contribution in [1.29, 1.82) is 0 Å². The summed E-state index contributed by atoms with van der Waals surface area (Å²) in [5.41, 5.74) is 2.16. The van der Waals surface area contributed by atoms with Crippen molar-refractivity contribution in [3.63, 3.8) is 0 Å². The third-order valence-corrected chi connectivity index (χ3v) is 5.33. The average molecular weight is 255 g/mol. The van der Waals surface area contributed by atoms with E-state index in [0.29, 0.717) is 6.42 Å². The number of nitrogens with one attached hydrogen (secondary N) is 1. The second kappa shape index (κ2) is 2.95. The van der Waals surface area contributed by atoms with Crippen molar-refractivity contribution in [2.45, 2.75) is 42.0 Å². The third-order valence-electron chi connectivity index (χ3n) is 3.64. The Morgan fingerprint density at radius 2 is 2.41 bits per heavy atom.